The number of carbonyl (C=O) groups is 1. The zero-order chi connectivity index (χ0) is 10.3. The van der Waals surface area contributed by atoms with Crippen LogP contribution < -0.4 is 5.56 Å². The lowest BCUT2D eigenvalue weighted by molar-refractivity contribution is 0.0694. The predicted octanol–water partition coefficient (Wildman–Crippen LogP) is 0.829. The second-order valence-electron chi connectivity index (χ2n) is 3.26. The van der Waals surface area contributed by atoms with Crippen LogP contribution in [0.2, 0.25) is 0 Å². The number of hydrogen-bond donors (Lipinski definition) is 1. The summed E-state index contributed by atoms with van der Waals surface area (Å²) in [6.07, 6.45) is 0.693. The highest BCUT2D eigenvalue weighted by Gasteiger charge is 2.40. The van der Waals surface area contributed by atoms with Crippen molar-refractivity contribution in [1.29, 1.82) is 0 Å². The monoisotopic (exact) mass is 197 g/mol. The van der Waals surface area contributed by atoms with Crippen molar-refractivity contribution in [3.05, 3.63) is 34.2 Å². The van der Waals surface area contributed by atoms with Gasteiger partial charge in [0.15, 0.2) is 0 Å². The van der Waals surface area contributed by atoms with Crippen LogP contribution in [0.4, 0.5) is 4.39 Å². The van der Waals surface area contributed by atoms with E-state index in [2.05, 4.69) is 0 Å². The van der Waals surface area contributed by atoms with Crippen LogP contribution >= 0.6 is 0 Å². The molecule has 1 aromatic rings. The zero-order valence-electron chi connectivity index (χ0n) is 7.18. The topological polar surface area (TPSA) is 59.3 Å². The largest absolute Gasteiger partial charge is 0.477 e. The van der Waals surface area contributed by atoms with Crippen molar-refractivity contribution in [1.82, 2.24) is 4.57 Å². The van der Waals surface area contributed by atoms with Gasteiger partial charge in [-0.05, 0) is 12.1 Å². The van der Waals surface area contributed by atoms with E-state index in [9.17, 15) is 14.0 Å². The molecule has 1 fully saturated rings. The van der Waals surface area contributed by atoms with Crippen molar-refractivity contribution in [2.24, 2.45) is 0 Å². The minimum Gasteiger partial charge on any atom is -0.477 e. The van der Waals surface area contributed by atoms with Crippen LogP contribution in [0.5, 0.6) is 0 Å². The summed E-state index contributed by atoms with van der Waals surface area (Å²) in [7, 11) is 0. The molecular weight excluding hydrogens is 189 g/mol. The van der Waals surface area contributed by atoms with Crippen LogP contribution in [0, 0.1) is 0 Å². The summed E-state index contributed by atoms with van der Waals surface area (Å²) >= 11 is 0. The smallest absolute Gasteiger partial charge is 0.341 e. The first-order valence-corrected chi connectivity index (χ1v) is 4.20. The summed E-state index contributed by atoms with van der Waals surface area (Å²) in [5.74, 6) is -1.28. The first-order chi connectivity index (χ1) is 6.61. The summed E-state index contributed by atoms with van der Waals surface area (Å²) in [6, 6.07) is 2.19. The third-order valence-corrected chi connectivity index (χ3v) is 2.24. The van der Waals surface area contributed by atoms with Gasteiger partial charge in [0, 0.05) is 12.6 Å². The number of carboxylic acids is 1. The number of pyridine rings is 1. The fourth-order valence-electron chi connectivity index (χ4n) is 1.37. The maximum Gasteiger partial charge on any atom is 0.341 e. The second-order valence-corrected chi connectivity index (χ2v) is 3.26. The fourth-order valence-corrected chi connectivity index (χ4v) is 1.37. The van der Waals surface area contributed by atoms with E-state index in [0.717, 1.165) is 4.57 Å². The molecule has 2 atom stereocenters. The molecule has 2 rings (SSSR count). The minimum absolute atomic E-state index is 0.295. The van der Waals surface area contributed by atoms with E-state index in [1.165, 1.54) is 18.3 Å². The molecule has 1 N–H and O–H groups in total. The van der Waals surface area contributed by atoms with Gasteiger partial charge < -0.3 is 9.67 Å². The molecule has 5 heteroatoms. The molecular formula is C9H8FNO3. The molecule has 1 aromatic heterocycles. The van der Waals surface area contributed by atoms with Gasteiger partial charge in [-0.3, -0.25) is 4.79 Å². The Hall–Kier alpha value is -1.65. The minimum atomic E-state index is -1.28. The third-order valence-electron chi connectivity index (χ3n) is 2.24. The Labute approximate surface area is 78.6 Å². The van der Waals surface area contributed by atoms with E-state index in [1.54, 1.807) is 0 Å². The van der Waals surface area contributed by atoms with Gasteiger partial charge in [0.25, 0.3) is 5.56 Å². The van der Waals surface area contributed by atoms with E-state index >= 15 is 0 Å². The van der Waals surface area contributed by atoms with Crippen LogP contribution in [-0.2, 0) is 0 Å². The molecule has 0 saturated heterocycles. The van der Waals surface area contributed by atoms with Gasteiger partial charge in [-0.1, -0.05) is 0 Å². The standard InChI is InChI=1S/C9H8FNO3/c10-6-4-7(6)11-3-1-2-5(8(11)12)9(13)14/h1-3,6-7H,4H2,(H,13,14)/t6?,7-/m1/s1. The molecule has 0 spiro atoms. The number of rotatable bonds is 2. The van der Waals surface area contributed by atoms with Gasteiger partial charge in [-0.15, -0.1) is 0 Å². The van der Waals surface area contributed by atoms with Crippen molar-refractivity contribution in [2.75, 3.05) is 0 Å². The van der Waals surface area contributed by atoms with Gasteiger partial charge in [0.1, 0.15) is 11.7 Å². The first-order valence-electron chi connectivity index (χ1n) is 4.20. The highest BCUT2D eigenvalue weighted by Crippen LogP contribution is 2.37. The maximum absolute atomic E-state index is 12.7. The molecule has 1 heterocycles. The average molecular weight is 197 g/mol. The number of halogens is 1. The molecule has 0 aliphatic heterocycles. The lowest BCUT2D eigenvalue weighted by atomic mass is 10.3. The van der Waals surface area contributed by atoms with Gasteiger partial charge in [0.2, 0.25) is 0 Å². The van der Waals surface area contributed by atoms with E-state index in [1.807, 2.05) is 0 Å². The molecule has 0 radical (unpaired) electrons. The molecule has 1 aliphatic rings. The molecule has 4 nitrogen and oxygen atoms in total. The molecule has 74 valence electrons. The molecule has 1 saturated carbocycles. The van der Waals surface area contributed by atoms with Crippen LogP contribution in [0.15, 0.2) is 23.1 Å². The Morgan fingerprint density at radius 1 is 1.64 bits per heavy atom. The Morgan fingerprint density at radius 3 is 2.79 bits per heavy atom. The second kappa shape index (κ2) is 2.94. The van der Waals surface area contributed by atoms with Gasteiger partial charge in [-0.2, -0.15) is 0 Å². The van der Waals surface area contributed by atoms with Crippen molar-refractivity contribution < 1.29 is 14.3 Å². The highest BCUT2D eigenvalue weighted by molar-refractivity contribution is 5.86. The quantitative estimate of drug-likeness (QED) is 0.763. The Morgan fingerprint density at radius 2 is 2.29 bits per heavy atom. The summed E-state index contributed by atoms with van der Waals surface area (Å²) in [5, 5.41) is 8.65. The van der Waals surface area contributed by atoms with Gasteiger partial charge >= 0.3 is 5.97 Å². The van der Waals surface area contributed by atoms with Gasteiger partial charge in [-0.25, -0.2) is 9.18 Å². The van der Waals surface area contributed by atoms with Crippen LogP contribution in [0.25, 0.3) is 0 Å². The first kappa shape index (κ1) is 8.93. The van der Waals surface area contributed by atoms with Crippen molar-refractivity contribution >= 4 is 5.97 Å². The Kier molecular flexibility index (Phi) is 1.87. The van der Waals surface area contributed by atoms with Crippen LogP contribution in [0.1, 0.15) is 22.8 Å². The third kappa shape index (κ3) is 1.30. The molecule has 1 aliphatic carbocycles. The number of nitrogens with zero attached hydrogens (tertiary/aromatic N) is 1. The average Bonchev–Trinajstić information content (AvgIpc) is 2.82. The van der Waals surface area contributed by atoms with Crippen LogP contribution in [-0.4, -0.2) is 21.8 Å². The number of hydrogen-bond acceptors (Lipinski definition) is 2. The Bertz CT molecular complexity index is 440. The maximum atomic E-state index is 12.7. The molecule has 0 amide bonds. The Balaban J connectivity index is 2.48. The lowest BCUT2D eigenvalue weighted by Gasteiger charge is -2.02. The number of aromatic carboxylic acids is 1. The summed E-state index contributed by atoms with van der Waals surface area (Å²) in [5.41, 5.74) is -0.947. The van der Waals surface area contributed by atoms with Crippen molar-refractivity contribution in [3.8, 4) is 0 Å². The van der Waals surface area contributed by atoms with E-state index in [0.29, 0.717) is 6.42 Å². The SMILES string of the molecule is O=C(O)c1cccn([C@@H]2CC2F)c1=O. The van der Waals surface area contributed by atoms with E-state index in [4.69, 9.17) is 5.11 Å². The lowest BCUT2D eigenvalue weighted by Crippen LogP contribution is -2.25. The zero-order valence-corrected chi connectivity index (χ0v) is 7.18. The highest BCUT2D eigenvalue weighted by atomic mass is 19.1. The summed E-state index contributed by atoms with van der Waals surface area (Å²) in [6.45, 7) is 0. The van der Waals surface area contributed by atoms with Crippen molar-refractivity contribution in [3.63, 3.8) is 0 Å². The molecule has 0 aromatic carbocycles. The number of alkyl halides is 1. The number of aromatic nitrogens is 1. The molecule has 1 unspecified atom stereocenters. The number of carboxylic acid groups (broad SMARTS) is 1. The normalized spacial score (nSPS) is 24.6. The van der Waals surface area contributed by atoms with Crippen molar-refractivity contribution in [2.45, 2.75) is 18.6 Å². The van der Waals surface area contributed by atoms with E-state index in [-0.39, 0.29) is 5.56 Å². The van der Waals surface area contributed by atoms with Gasteiger partial charge in [0.05, 0.1) is 6.04 Å². The molecule has 14 heavy (non-hydrogen) atoms. The summed E-state index contributed by atoms with van der Waals surface area (Å²) < 4.78 is 13.8. The summed E-state index contributed by atoms with van der Waals surface area (Å²) in [4.78, 5) is 22.0. The van der Waals surface area contributed by atoms with E-state index < -0.39 is 23.7 Å². The molecule has 0 bridgehead atoms. The van der Waals surface area contributed by atoms with Crippen LogP contribution in [0.3, 0.4) is 0 Å². The fraction of sp³-hybridized carbons (Fsp3) is 0.333. The predicted molar refractivity (Wildman–Crippen MR) is 46.2 cm³/mol.